The van der Waals surface area contributed by atoms with Gasteiger partial charge >= 0.3 is 6.18 Å². The van der Waals surface area contributed by atoms with Gasteiger partial charge in [-0.2, -0.15) is 25.8 Å². The Bertz CT molecular complexity index is 495. The van der Waals surface area contributed by atoms with Crippen molar-refractivity contribution >= 4 is 18.3 Å². The number of aliphatic hydroxyl groups is 2. The monoisotopic (exact) mass is 311 g/mol. The Morgan fingerprint density at radius 3 is 2.35 bits per heavy atom. The van der Waals surface area contributed by atoms with Gasteiger partial charge in [0.2, 0.25) is 0 Å². The van der Waals surface area contributed by atoms with Crippen LogP contribution in [-0.4, -0.2) is 27.0 Å². The topological polar surface area (TPSA) is 83.6 Å². The number of hydrogen-bond acceptors (Lipinski definition) is 5. The van der Waals surface area contributed by atoms with Crippen LogP contribution in [0.25, 0.3) is 0 Å². The number of benzene rings is 1. The fraction of sp³-hybridized carbons (Fsp3) is 0.455. The SMILES string of the molecule is O=[N+]([O-])c1cc(C(O)C(O)CCS)cc(C(F)(F)F)c1. The number of nitro benzene ring substituents is 1. The maximum atomic E-state index is 12.6. The number of thiol groups is 1. The van der Waals surface area contributed by atoms with Gasteiger partial charge in [0.25, 0.3) is 5.69 Å². The van der Waals surface area contributed by atoms with Crippen molar-refractivity contribution in [2.24, 2.45) is 0 Å². The second kappa shape index (κ2) is 6.42. The lowest BCUT2D eigenvalue weighted by atomic mass is 9.99. The summed E-state index contributed by atoms with van der Waals surface area (Å²) in [5.41, 5.74) is -2.41. The Kier molecular flexibility index (Phi) is 5.37. The van der Waals surface area contributed by atoms with Gasteiger partial charge in [-0.25, -0.2) is 0 Å². The first kappa shape index (κ1) is 16.7. The molecule has 5 nitrogen and oxygen atoms in total. The zero-order chi connectivity index (χ0) is 15.5. The summed E-state index contributed by atoms with van der Waals surface area (Å²) >= 11 is 3.83. The Morgan fingerprint density at radius 1 is 1.30 bits per heavy atom. The zero-order valence-electron chi connectivity index (χ0n) is 10.0. The molecule has 1 aromatic carbocycles. The molecule has 2 unspecified atom stereocenters. The lowest BCUT2D eigenvalue weighted by molar-refractivity contribution is -0.385. The number of rotatable bonds is 5. The maximum Gasteiger partial charge on any atom is 0.416 e. The number of halogens is 3. The first-order valence-corrected chi connectivity index (χ1v) is 6.13. The Hall–Kier alpha value is -1.32. The van der Waals surface area contributed by atoms with E-state index >= 15 is 0 Å². The molecule has 0 aliphatic rings. The van der Waals surface area contributed by atoms with Crippen LogP contribution in [0.2, 0.25) is 0 Å². The third-order valence-corrected chi connectivity index (χ3v) is 2.87. The van der Waals surface area contributed by atoms with Crippen molar-refractivity contribution in [3.8, 4) is 0 Å². The van der Waals surface area contributed by atoms with Gasteiger partial charge in [-0.1, -0.05) is 0 Å². The summed E-state index contributed by atoms with van der Waals surface area (Å²) in [6.07, 6.45) is -7.75. The van der Waals surface area contributed by atoms with Crippen LogP contribution in [0.15, 0.2) is 18.2 Å². The Labute approximate surface area is 117 Å². The first-order valence-electron chi connectivity index (χ1n) is 5.50. The van der Waals surface area contributed by atoms with E-state index in [2.05, 4.69) is 12.6 Å². The number of nitro groups is 1. The molecular formula is C11H12F3NO4S. The molecule has 0 saturated carbocycles. The van der Waals surface area contributed by atoms with Crippen molar-refractivity contribution in [1.29, 1.82) is 0 Å². The van der Waals surface area contributed by atoms with Crippen LogP contribution in [-0.2, 0) is 6.18 Å². The molecule has 112 valence electrons. The highest BCUT2D eigenvalue weighted by Gasteiger charge is 2.34. The molecule has 1 rings (SSSR count). The van der Waals surface area contributed by atoms with E-state index in [9.17, 15) is 33.5 Å². The van der Waals surface area contributed by atoms with Crippen LogP contribution < -0.4 is 0 Å². The fourth-order valence-electron chi connectivity index (χ4n) is 1.59. The molecule has 0 bridgehead atoms. The van der Waals surface area contributed by atoms with E-state index in [0.717, 1.165) is 6.07 Å². The largest absolute Gasteiger partial charge is 0.416 e. The number of alkyl halides is 3. The van der Waals surface area contributed by atoms with Crippen molar-refractivity contribution in [2.75, 3.05) is 5.75 Å². The number of hydrogen-bond donors (Lipinski definition) is 3. The van der Waals surface area contributed by atoms with Gasteiger partial charge in [0, 0.05) is 12.1 Å². The molecule has 9 heteroatoms. The quantitative estimate of drug-likeness (QED) is 0.443. The van der Waals surface area contributed by atoms with Gasteiger partial charge < -0.3 is 10.2 Å². The predicted molar refractivity (Wildman–Crippen MR) is 67.5 cm³/mol. The highest BCUT2D eigenvalue weighted by atomic mass is 32.1. The molecule has 0 aliphatic heterocycles. The van der Waals surface area contributed by atoms with Crippen molar-refractivity contribution in [3.05, 3.63) is 39.4 Å². The van der Waals surface area contributed by atoms with Crippen LogP contribution in [0.1, 0.15) is 23.7 Å². The smallest absolute Gasteiger partial charge is 0.390 e. The minimum absolute atomic E-state index is 0.0360. The van der Waals surface area contributed by atoms with Crippen LogP contribution in [0.5, 0.6) is 0 Å². The fourth-order valence-corrected chi connectivity index (χ4v) is 1.85. The number of aliphatic hydroxyl groups excluding tert-OH is 2. The lowest BCUT2D eigenvalue weighted by Gasteiger charge is -2.18. The van der Waals surface area contributed by atoms with Crippen LogP contribution in [0.3, 0.4) is 0 Å². The molecule has 1 aromatic rings. The zero-order valence-corrected chi connectivity index (χ0v) is 10.9. The van der Waals surface area contributed by atoms with Crippen molar-refractivity contribution in [3.63, 3.8) is 0 Å². The minimum atomic E-state index is -4.78. The molecule has 2 atom stereocenters. The highest BCUT2D eigenvalue weighted by Crippen LogP contribution is 2.34. The number of non-ortho nitro benzene ring substituents is 1. The van der Waals surface area contributed by atoms with E-state index in [4.69, 9.17) is 0 Å². The van der Waals surface area contributed by atoms with E-state index < -0.39 is 34.6 Å². The molecule has 0 spiro atoms. The summed E-state index contributed by atoms with van der Waals surface area (Å²) in [7, 11) is 0. The van der Waals surface area contributed by atoms with Crippen molar-refractivity contribution in [1.82, 2.24) is 0 Å². The average molecular weight is 311 g/mol. The molecule has 20 heavy (non-hydrogen) atoms. The van der Waals surface area contributed by atoms with E-state index in [0.29, 0.717) is 12.1 Å². The summed E-state index contributed by atoms with van der Waals surface area (Å²) < 4.78 is 37.9. The third kappa shape index (κ3) is 4.09. The van der Waals surface area contributed by atoms with Crippen LogP contribution in [0.4, 0.5) is 18.9 Å². The first-order chi connectivity index (χ1) is 9.16. The summed E-state index contributed by atoms with van der Waals surface area (Å²) in [4.78, 5) is 9.64. The second-order valence-electron chi connectivity index (χ2n) is 4.09. The second-order valence-corrected chi connectivity index (χ2v) is 4.54. The van der Waals surface area contributed by atoms with Gasteiger partial charge in [-0.05, 0) is 23.8 Å². The summed E-state index contributed by atoms with van der Waals surface area (Å²) in [5.74, 6) is 0.208. The molecule has 0 heterocycles. The van der Waals surface area contributed by atoms with Gasteiger partial charge in [0.05, 0.1) is 16.6 Å². The highest BCUT2D eigenvalue weighted by molar-refractivity contribution is 7.80. The normalized spacial score (nSPS) is 14.9. The minimum Gasteiger partial charge on any atom is -0.390 e. The summed E-state index contributed by atoms with van der Waals surface area (Å²) in [6, 6.07) is 1.77. The molecule has 2 N–H and O–H groups in total. The molecule has 0 aromatic heterocycles. The summed E-state index contributed by atoms with van der Waals surface area (Å²) in [6.45, 7) is 0. The van der Waals surface area contributed by atoms with E-state index in [1.54, 1.807) is 0 Å². The predicted octanol–water partition coefficient (Wildman–Crippen LogP) is 2.33. The molecule has 0 radical (unpaired) electrons. The van der Waals surface area contributed by atoms with Gasteiger partial charge in [-0.15, -0.1) is 0 Å². The Morgan fingerprint density at radius 2 is 1.90 bits per heavy atom. The van der Waals surface area contributed by atoms with Gasteiger partial charge in [0.15, 0.2) is 0 Å². The molecular weight excluding hydrogens is 299 g/mol. The number of nitrogens with zero attached hydrogens (tertiary/aromatic N) is 1. The van der Waals surface area contributed by atoms with E-state index in [-0.39, 0.29) is 17.7 Å². The summed E-state index contributed by atoms with van der Waals surface area (Å²) in [5, 5.41) is 29.9. The van der Waals surface area contributed by atoms with Gasteiger partial charge in [0.1, 0.15) is 6.10 Å². The molecule has 0 aliphatic carbocycles. The molecule has 0 amide bonds. The van der Waals surface area contributed by atoms with Crippen LogP contribution in [0, 0.1) is 10.1 Å². The molecule has 0 fully saturated rings. The third-order valence-electron chi connectivity index (χ3n) is 2.61. The van der Waals surface area contributed by atoms with Crippen molar-refractivity contribution in [2.45, 2.75) is 24.8 Å². The Balaban J connectivity index is 3.25. The standard InChI is InChI=1S/C11H12F3NO4S/c12-11(13,14)7-3-6(4-8(5-7)15(18)19)10(17)9(16)1-2-20/h3-5,9-10,16-17,20H,1-2H2. The lowest BCUT2D eigenvalue weighted by Crippen LogP contribution is -2.19. The van der Waals surface area contributed by atoms with E-state index in [1.165, 1.54) is 0 Å². The van der Waals surface area contributed by atoms with Crippen molar-refractivity contribution < 1.29 is 28.3 Å². The molecule has 0 saturated heterocycles. The van der Waals surface area contributed by atoms with Gasteiger partial charge in [-0.3, -0.25) is 10.1 Å². The average Bonchev–Trinajstić information content (AvgIpc) is 2.36. The van der Waals surface area contributed by atoms with Crippen LogP contribution >= 0.6 is 12.6 Å². The van der Waals surface area contributed by atoms with E-state index in [1.807, 2.05) is 0 Å². The maximum absolute atomic E-state index is 12.6.